The van der Waals surface area contributed by atoms with Gasteiger partial charge in [0.1, 0.15) is 17.9 Å². The minimum atomic E-state index is -0.0415. The first-order chi connectivity index (χ1) is 12.3. The van der Waals surface area contributed by atoms with Gasteiger partial charge in [0.25, 0.3) is 0 Å². The van der Waals surface area contributed by atoms with E-state index in [4.69, 9.17) is 4.74 Å². The van der Waals surface area contributed by atoms with Gasteiger partial charge in [-0.25, -0.2) is 0 Å². The topological polar surface area (TPSA) is 64.1 Å². The normalized spacial score (nSPS) is 10.4. The molecule has 25 heavy (non-hydrogen) atoms. The van der Waals surface area contributed by atoms with Crippen molar-refractivity contribution in [3.05, 3.63) is 60.1 Å². The summed E-state index contributed by atoms with van der Waals surface area (Å²) in [7, 11) is 0. The van der Waals surface area contributed by atoms with Crippen molar-refractivity contribution < 1.29 is 9.53 Å². The third-order valence-electron chi connectivity index (χ3n) is 3.32. The molecular formula is C18H17N3O2S2. The van der Waals surface area contributed by atoms with E-state index in [1.807, 2.05) is 42.5 Å². The first-order valence-electron chi connectivity index (χ1n) is 7.76. The van der Waals surface area contributed by atoms with Crippen molar-refractivity contribution >= 4 is 29.0 Å². The summed E-state index contributed by atoms with van der Waals surface area (Å²) in [6.07, 6.45) is 0. The lowest BCUT2D eigenvalue weighted by Gasteiger charge is -2.12. The third-order valence-corrected chi connectivity index (χ3v) is 5.18. The number of hydrogen-bond acceptors (Lipinski definition) is 6. The molecular weight excluding hydrogens is 354 g/mol. The Morgan fingerprint density at radius 2 is 1.92 bits per heavy atom. The van der Waals surface area contributed by atoms with Gasteiger partial charge in [0, 0.05) is 5.56 Å². The van der Waals surface area contributed by atoms with Crippen LogP contribution in [0.2, 0.25) is 0 Å². The van der Waals surface area contributed by atoms with Gasteiger partial charge in [0.15, 0.2) is 4.34 Å². The summed E-state index contributed by atoms with van der Waals surface area (Å²) in [5, 5.41) is 10.5. The lowest BCUT2D eigenvalue weighted by Crippen LogP contribution is -2.29. The first-order valence-corrected chi connectivity index (χ1v) is 9.62. The SMILES string of the molecule is O=C(CSc1nncs1)NCCOc1ccccc1-c1ccccc1. The molecule has 1 amide bonds. The Morgan fingerprint density at radius 3 is 2.72 bits per heavy atom. The van der Waals surface area contributed by atoms with Crippen LogP contribution in [0, 0.1) is 0 Å². The fourth-order valence-corrected chi connectivity index (χ4v) is 3.52. The minimum absolute atomic E-state index is 0.0415. The van der Waals surface area contributed by atoms with Crippen molar-refractivity contribution in [2.24, 2.45) is 0 Å². The van der Waals surface area contributed by atoms with Crippen molar-refractivity contribution in [1.29, 1.82) is 0 Å². The van der Waals surface area contributed by atoms with E-state index in [1.54, 1.807) is 5.51 Å². The number of para-hydroxylation sites is 1. The molecule has 0 spiro atoms. The third kappa shape index (κ3) is 5.30. The van der Waals surface area contributed by atoms with E-state index < -0.39 is 0 Å². The maximum absolute atomic E-state index is 11.8. The number of thioether (sulfide) groups is 1. The van der Waals surface area contributed by atoms with Crippen molar-refractivity contribution in [2.45, 2.75) is 4.34 Å². The van der Waals surface area contributed by atoms with Crippen LogP contribution in [0.4, 0.5) is 0 Å². The molecule has 5 nitrogen and oxygen atoms in total. The highest BCUT2D eigenvalue weighted by atomic mass is 32.2. The largest absolute Gasteiger partial charge is 0.491 e. The molecule has 0 saturated heterocycles. The number of carbonyl (C=O) groups is 1. The summed E-state index contributed by atoms with van der Waals surface area (Å²) in [5.41, 5.74) is 3.80. The molecule has 1 aromatic heterocycles. The number of nitrogens with one attached hydrogen (secondary N) is 1. The number of rotatable bonds is 8. The number of benzene rings is 2. The lowest BCUT2D eigenvalue weighted by atomic mass is 10.1. The van der Waals surface area contributed by atoms with Gasteiger partial charge in [0.2, 0.25) is 5.91 Å². The van der Waals surface area contributed by atoms with Crippen LogP contribution in [0.3, 0.4) is 0 Å². The van der Waals surface area contributed by atoms with Gasteiger partial charge in [0.05, 0.1) is 12.3 Å². The Hall–Kier alpha value is -2.38. The Morgan fingerprint density at radius 1 is 1.12 bits per heavy atom. The standard InChI is InChI=1S/C18H17N3O2S2/c22-17(12-24-18-21-20-13-25-18)19-10-11-23-16-9-5-4-8-15(16)14-6-2-1-3-7-14/h1-9,13H,10-12H2,(H,19,22). The van der Waals surface area contributed by atoms with E-state index in [9.17, 15) is 4.79 Å². The van der Waals surface area contributed by atoms with Crippen molar-refractivity contribution in [3.8, 4) is 16.9 Å². The van der Waals surface area contributed by atoms with E-state index in [-0.39, 0.29) is 5.91 Å². The zero-order chi connectivity index (χ0) is 17.3. The second-order valence-corrected chi connectivity index (χ2v) is 7.11. The average molecular weight is 371 g/mol. The van der Waals surface area contributed by atoms with Crippen LogP contribution in [0.1, 0.15) is 0 Å². The van der Waals surface area contributed by atoms with Crippen LogP contribution in [0.15, 0.2) is 64.4 Å². The zero-order valence-corrected chi connectivity index (χ0v) is 15.1. The van der Waals surface area contributed by atoms with Gasteiger partial charge in [-0.15, -0.1) is 10.2 Å². The Labute approximate surface area is 154 Å². The van der Waals surface area contributed by atoms with Crippen LogP contribution < -0.4 is 10.1 Å². The van der Waals surface area contributed by atoms with Gasteiger partial charge in [-0.05, 0) is 11.6 Å². The Balaban J connectivity index is 1.46. The van der Waals surface area contributed by atoms with E-state index in [1.165, 1.54) is 23.1 Å². The molecule has 0 saturated carbocycles. The van der Waals surface area contributed by atoms with E-state index in [0.717, 1.165) is 21.2 Å². The van der Waals surface area contributed by atoms with Crippen LogP contribution in [0.5, 0.6) is 5.75 Å². The smallest absolute Gasteiger partial charge is 0.230 e. The molecule has 0 unspecified atom stereocenters. The molecule has 0 aliphatic rings. The molecule has 1 heterocycles. The Kier molecular flexibility index (Phi) is 6.42. The van der Waals surface area contributed by atoms with Crippen LogP contribution >= 0.6 is 23.1 Å². The summed E-state index contributed by atoms with van der Waals surface area (Å²) >= 11 is 2.81. The predicted molar refractivity (Wildman–Crippen MR) is 101 cm³/mol. The molecule has 0 aliphatic heterocycles. The molecule has 0 atom stereocenters. The summed E-state index contributed by atoms with van der Waals surface area (Å²) in [6, 6.07) is 18.0. The first kappa shape index (κ1) is 17.4. The summed E-state index contributed by atoms with van der Waals surface area (Å²) < 4.78 is 6.65. The van der Waals surface area contributed by atoms with Crippen LogP contribution in [-0.2, 0) is 4.79 Å². The molecule has 0 radical (unpaired) electrons. The number of aromatic nitrogens is 2. The van der Waals surface area contributed by atoms with Gasteiger partial charge in [-0.1, -0.05) is 71.6 Å². The number of amides is 1. The summed E-state index contributed by atoms with van der Waals surface area (Å²) in [4.78, 5) is 11.8. The predicted octanol–water partition coefficient (Wildman–Crippen LogP) is 3.49. The maximum Gasteiger partial charge on any atom is 0.230 e. The number of ether oxygens (including phenoxy) is 1. The number of hydrogen-bond donors (Lipinski definition) is 1. The minimum Gasteiger partial charge on any atom is -0.491 e. The van der Waals surface area contributed by atoms with Gasteiger partial charge in [-0.2, -0.15) is 0 Å². The summed E-state index contributed by atoms with van der Waals surface area (Å²) in [5.74, 6) is 1.10. The van der Waals surface area contributed by atoms with Crippen LogP contribution in [0.25, 0.3) is 11.1 Å². The van der Waals surface area contributed by atoms with Crippen molar-refractivity contribution in [3.63, 3.8) is 0 Å². The highest BCUT2D eigenvalue weighted by Gasteiger charge is 2.07. The number of nitrogens with zero attached hydrogens (tertiary/aromatic N) is 2. The van der Waals surface area contributed by atoms with Crippen LogP contribution in [-0.4, -0.2) is 35.0 Å². The number of carbonyl (C=O) groups excluding carboxylic acids is 1. The second kappa shape index (κ2) is 9.19. The van der Waals surface area contributed by atoms with Crippen molar-refractivity contribution in [1.82, 2.24) is 15.5 Å². The van der Waals surface area contributed by atoms with Gasteiger partial charge >= 0.3 is 0 Å². The van der Waals surface area contributed by atoms with Crippen molar-refractivity contribution in [2.75, 3.05) is 18.9 Å². The highest BCUT2D eigenvalue weighted by molar-refractivity contribution is 8.01. The molecule has 3 aromatic rings. The molecule has 0 bridgehead atoms. The van der Waals surface area contributed by atoms with E-state index >= 15 is 0 Å². The maximum atomic E-state index is 11.8. The van der Waals surface area contributed by atoms with Gasteiger partial charge in [-0.3, -0.25) is 4.79 Å². The van der Waals surface area contributed by atoms with Gasteiger partial charge < -0.3 is 10.1 Å². The summed E-state index contributed by atoms with van der Waals surface area (Å²) in [6.45, 7) is 0.873. The second-order valence-electron chi connectivity index (χ2n) is 5.05. The molecule has 0 fully saturated rings. The Bertz CT molecular complexity index is 795. The zero-order valence-electron chi connectivity index (χ0n) is 13.4. The lowest BCUT2D eigenvalue weighted by molar-refractivity contribution is -0.118. The molecule has 2 aromatic carbocycles. The monoisotopic (exact) mass is 371 g/mol. The average Bonchev–Trinajstić information content (AvgIpc) is 3.18. The fourth-order valence-electron chi connectivity index (χ4n) is 2.20. The van der Waals surface area contributed by atoms with E-state index in [0.29, 0.717) is 18.9 Å². The fraction of sp³-hybridized carbons (Fsp3) is 0.167. The molecule has 128 valence electrons. The molecule has 0 aliphatic carbocycles. The molecule has 1 N–H and O–H groups in total. The quantitative estimate of drug-likeness (QED) is 0.485. The molecule has 7 heteroatoms. The van der Waals surface area contributed by atoms with E-state index in [2.05, 4.69) is 27.6 Å². The molecule has 3 rings (SSSR count). The highest BCUT2D eigenvalue weighted by Crippen LogP contribution is 2.29.